The van der Waals surface area contributed by atoms with Crippen molar-refractivity contribution >= 4 is 34.9 Å². The maximum atomic E-state index is 11.9. The Kier molecular flexibility index (Phi) is 4.85. The summed E-state index contributed by atoms with van der Waals surface area (Å²) < 4.78 is 14.2. The highest BCUT2D eigenvalue weighted by Crippen LogP contribution is 2.34. The molecule has 3 rings (SSSR count). The molecule has 0 fully saturated rings. The van der Waals surface area contributed by atoms with Gasteiger partial charge in [0.15, 0.2) is 5.82 Å². The number of imidazole rings is 1. The normalized spacial score (nSPS) is 12.5. The third kappa shape index (κ3) is 3.86. The lowest BCUT2D eigenvalue weighted by molar-refractivity contribution is 0.509. The van der Waals surface area contributed by atoms with Crippen LogP contribution in [0.25, 0.3) is 21.9 Å². The lowest BCUT2D eigenvalue weighted by atomic mass is 10.1. The highest BCUT2D eigenvalue weighted by Gasteiger charge is 2.18. The van der Waals surface area contributed by atoms with E-state index in [1.165, 1.54) is 0 Å². The van der Waals surface area contributed by atoms with Gasteiger partial charge in [-0.1, -0.05) is 32.0 Å². The van der Waals surface area contributed by atoms with E-state index in [1.807, 2.05) is 18.2 Å². The Bertz CT molecular complexity index is 957. The van der Waals surface area contributed by atoms with Gasteiger partial charge in [0.2, 0.25) is 0 Å². The van der Waals surface area contributed by atoms with E-state index in [0.29, 0.717) is 24.6 Å². The topological polar surface area (TPSA) is 85.8 Å². The highest BCUT2D eigenvalue weighted by molar-refractivity contribution is 7.62. The Morgan fingerprint density at radius 1 is 1.24 bits per heavy atom. The first-order chi connectivity index (χ1) is 11.8. The fraction of sp³-hybridized carbons (Fsp3) is 0.444. The molecule has 3 N–H and O–H groups in total. The van der Waals surface area contributed by atoms with E-state index in [0.717, 1.165) is 34.3 Å². The smallest absolute Gasteiger partial charge is 0.152 e. The molecule has 6 nitrogen and oxygen atoms in total. The van der Waals surface area contributed by atoms with Crippen molar-refractivity contribution in [3.63, 3.8) is 0 Å². The first-order valence-electron chi connectivity index (χ1n) is 8.54. The van der Waals surface area contributed by atoms with Gasteiger partial charge >= 0.3 is 0 Å². The van der Waals surface area contributed by atoms with Gasteiger partial charge in [-0.15, -0.1) is 0 Å². The number of benzene rings is 1. The predicted octanol–water partition coefficient (Wildman–Crippen LogP) is 3.49. The second-order valence-electron chi connectivity index (χ2n) is 7.40. The fourth-order valence-electron chi connectivity index (χ4n) is 3.04. The maximum absolute atomic E-state index is 11.9. The number of nitrogens with one attached hydrogen (secondary N) is 1. The molecular formula is C18H26N5OP. The number of hydrogen-bond acceptors (Lipinski definition) is 5. The largest absolute Gasteiger partial charge is 0.382 e. The fourth-order valence-corrected chi connectivity index (χ4v) is 3.69. The molecule has 0 spiro atoms. The van der Waals surface area contributed by atoms with E-state index < -0.39 is 7.14 Å². The van der Waals surface area contributed by atoms with Crippen LogP contribution in [0.1, 0.15) is 19.7 Å². The third-order valence-corrected chi connectivity index (χ3v) is 5.00. The summed E-state index contributed by atoms with van der Waals surface area (Å²) >= 11 is 0. The molecule has 25 heavy (non-hydrogen) atoms. The van der Waals surface area contributed by atoms with E-state index in [1.54, 1.807) is 13.3 Å². The van der Waals surface area contributed by atoms with E-state index in [9.17, 15) is 4.57 Å². The number of rotatable bonds is 6. The summed E-state index contributed by atoms with van der Waals surface area (Å²) in [5, 5.41) is 4.33. The summed E-state index contributed by atoms with van der Waals surface area (Å²) in [7, 11) is -2.11. The Hall–Kier alpha value is -1.91. The molecule has 0 atom stereocenters. The quantitative estimate of drug-likeness (QED) is 0.658. The second-order valence-corrected chi connectivity index (χ2v) is 10.9. The van der Waals surface area contributed by atoms with Crippen LogP contribution >= 0.6 is 7.14 Å². The van der Waals surface area contributed by atoms with Crippen LogP contribution in [0.5, 0.6) is 0 Å². The molecule has 7 heteroatoms. The minimum absolute atomic E-state index is 0.453. The lowest BCUT2D eigenvalue weighted by Crippen LogP contribution is -2.19. The second kappa shape index (κ2) is 6.77. The van der Waals surface area contributed by atoms with Crippen molar-refractivity contribution in [2.75, 3.05) is 25.3 Å². The van der Waals surface area contributed by atoms with Gasteiger partial charge in [-0.25, -0.2) is 9.97 Å². The van der Waals surface area contributed by atoms with E-state index in [-0.39, 0.29) is 0 Å². The third-order valence-electron chi connectivity index (χ3n) is 4.01. The summed E-state index contributed by atoms with van der Waals surface area (Å²) in [5.74, 6) is 1.82. The number of para-hydroxylation sites is 1. The molecule has 0 unspecified atom stereocenters. The average Bonchev–Trinajstić information content (AvgIpc) is 2.85. The van der Waals surface area contributed by atoms with Crippen LogP contribution in [-0.2, 0) is 17.7 Å². The summed E-state index contributed by atoms with van der Waals surface area (Å²) in [6, 6.07) is 8.01. The van der Waals surface area contributed by atoms with Crippen molar-refractivity contribution in [3.8, 4) is 0 Å². The zero-order valence-electron chi connectivity index (χ0n) is 15.3. The molecule has 1 aromatic carbocycles. The van der Waals surface area contributed by atoms with E-state index in [2.05, 4.69) is 34.8 Å². The summed E-state index contributed by atoms with van der Waals surface area (Å²) in [5.41, 5.74) is 8.83. The highest BCUT2D eigenvalue weighted by atomic mass is 31.2. The first kappa shape index (κ1) is 17.9. The minimum Gasteiger partial charge on any atom is -0.382 e. The molecular weight excluding hydrogens is 333 g/mol. The van der Waals surface area contributed by atoms with Crippen LogP contribution in [0.2, 0.25) is 0 Å². The van der Waals surface area contributed by atoms with Crippen LogP contribution in [-0.4, -0.2) is 34.2 Å². The molecule has 0 aliphatic heterocycles. The van der Waals surface area contributed by atoms with Crippen molar-refractivity contribution < 1.29 is 4.57 Å². The minimum atomic E-state index is -2.11. The van der Waals surface area contributed by atoms with Gasteiger partial charge in [0.1, 0.15) is 11.3 Å². The number of nitrogen functional groups attached to an aromatic ring is 1. The number of nitrogens with zero attached hydrogens (tertiary/aromatic N) is 3. The molecule has 2 aromatic heterocycles. The molecule has 0 saturated carbocycles. The molecule has 0 amide bonds. The number of nitrogens with two attached hydrogens (primary N) is 1. The number of pyridine rings is 1. The number of fused-ring (bicyclic) bond motifs is 3. The Morgan fingerprint density at radius 3 is 2.64 bits per heavy atom. The van der Waals surface area contributed by atoms with Crippen molar-refractivity contribution in [2.45, 2.75) is 26.9 Å². The zero-order chi connectivity index (χ0) is 18.2. The number of aromatic nitrogens is 3. The number of hydrogen-bond donors (Lipinski definition) is 2. The van der Waals surface area contributed by atoms with Crippen LogP contribution in [0.4, 0.5) is 5.82 Å². The molecule has 0 aliphatic rings. The van der Waals surface area contributed by atoms with Crippen LogP contribution in [0.3, 0.4) is 0 Å². The summed E-state index contributed by atoms with van der Waals surface area (Å²) in [4.78, 5) is 9.25. The molecule has 0 radical (unpaired) electrons. The van der Waals surface area contributed by atoms with Crippen molar-refractivity contribution in [1.82, 2.24) is 19.9 Å². The van der Waals surface area contributed by atoms with Gasteiger partial charge in [0.25, 0.3) is 0 Å². The van der Waals surface area contributed by atoms with Crippen LogP contribution in [0.15, 0.2) is 24.3 Å². The van der Waals surface area contributed by atoms with Gasteiger partial charge in [-0.2, -0.15) is 0 Å². The first-order valence-corrected chi connectivity index (χ1v) is 11.3. The molecule has 0 bridgehead atoms. The molecule has 0 aliphatic carbocycles. The Morgan fingerprint density at radius 2 is 1.96 bits per heavy atom. The maximum Gasteiger partial charge on any atom is 0.152 e. The predicted molar refractivity (Wildman–Crippen MR) is 105 cm³/mol. The van der Waals surface area contributed by atoms with Gasteiger partial charge in [-0.3, -0.25) is 0 Å². The SMILES string of the molecule is CC(C)Cn1c(CNCP(C)(C)=O)nc2c(N)nc3ccccc3c21. The van der Waals surface area contributed by atoms with Gasteiger partial charge in [0, 0.05) is 18.2 Å². The lowest BCUT2D eigenvalue weighted by Gasteiger charge is -2.14. The molecule has 134 valence electrons. The Labute approximate surface area is 148 Å². The van der Waals surface area contributed by atoms with E-state index in [4.69, 9.17) is 10.7 Å². The van der Waals surface area contributed by atoms with Crippen molar-refractivity contribution in [2.24, 2.45) is 5.92 Å². The molecule has 0 saturated heterocycles. The summed E-state index contributed by atoms with van der Waals surface area (Å²) in [6.07, 6.45) is 0.492. The van der Waals surface area contributed by atoms with E-state index >= 15 is 0 Å². The standard InChI is InChI=1S/C18H26N5OP/c1-12(2)10-23-15(9-20-11-25(3,4)24)22-16-17(23)13-7-5-6-8-14(13)21-18(16)19/h5-8,12,20H,9-11H2,1-4H3,(H2,19,21). The monoisotopic (exact) mass is 359 g/mol. The molecule has 3 aromatic rings. The van der Waals surface area contributed by atoms with Crippen LogP contribution in [0, 0.1) is 5.92 Å². The Balaban J connectivity index is 2.14. The number of anilines is 1. The van der Waals surface area contributed by atoms with Crippen molar-refractivity contribution in [3.05, 3.63) is 30.1 Å². The zero-order valence-corrected chi connectivity index (χ0v) is 16.2. The van der Waals surface area contributed by atoms with Gasteiger partial charge < -0.3 is 20.2 Å². The van der Waals surface area contributed by atoms with Crippen molar-refractivity contribution in [1.29, 1.82) is 0 Å². The van der Waals surface area contributed by atoms with Gasteiger partial charge in [-0.05, 0) is 25.3 Å². The summed E-state index contributed by atoms with van der Waals surface area (Å²) in [6.45, 7) is 9.33. The molecule has 2 heterocycles. The average molecular weight is 359 g/mol. The van der Waals surface area contributed by atoms with Crippen LogP contribution < -0.4 is 11.1 Å². The van der Waals surface area contributed by atoms with Gasteiger partial charge in [0.05, 0.1) is 24.7 Å².